The van der Waals surface area contributed by atoms with E-state index in [0.717, 1.165) is 48.4 Å². The van der Waals surface area contributed by atoms with Crippen LogP contribution >= 0.6 is 0 Å². The first-order valence-electron chi connectivity index (χ1n) is 10.1. The second kappa shape index (κ2) is 6.89. The Labute approximate surface area is 166 Å². The Morgan fingerprint density at radius 2 is 2.11 bits per heavy atom. The topological polar surface area (TPSA) is 65.0 Å². The van der Waals surface area contributed by atoms with Gasteiger partial charge >= 0.3 is 0 Å². The third-order valence-corrected chi connectivity index (χ3v) is 5.63. The summed E-state index contributed by atoms with van der Waals surface area (Å²) in [6.45, 7) is 11.0. The number of aliphatic hydroxyl groups is 1. The Balaban J connectivity index is 1.66. The van der Waals surface area contributed by atoms with Crippen LogP contribution in [0.15, 0.2) is 36.7 Å². The zero-order chi connectivity index (χ0) is 19.9. The second-order valence-electron chi connectivity index (χ2n) is 9.69. The normalized spacial score (nSPS) is 20.2. The maximum absolute atomic E-state index is 9.66. The lowest BCUT2D eigenvalue weighted by molar-refractivity contribution is 0.162. The summed E-state index contributed by atoms with van der Waals surface area (Å²) in [6, 6.07) is 8.50. The molecule has 1 aromatic carbocycles. The molecule has 5 heteroatoms. The lowest BCUT2D eigenvalue weighted by Crippen LogP contribution is -2.27. The summed E-state index contributed by atoms with van der Waals surface area (Å²) >= 11 is 0. The van der Waals surface area contributed by atoms with Gasteiger partial charge < -0.3 is 15.0 Å². The van der Waals surface area contributed by atoms with Crippen LogP contribution in [0.3, 0.4) is 0 Å². The van der Waals surface area contributed by atoms with Gasteiger partial charge in [0.05, 0.1) is 18.5 Å². The highest BCUT2D eigenvalue weighted by molar-refractivity contribution is 5.78. The predicted molar refractivity (Wildman–Crippen MR) is 115 cm³/mol. The second-order valence-corrected chi connectivity index (χ2v) is 9.69. The first-order valence-corrected chi connectivity index (χ1v) is 10.1. The molecular weight excluding hydrogens is 348 g/mol. The van der Waals surface area contributed by atoms with Crippen molar-refractivity contribution in [3.05, 3.63) is 42.2 Å². The molecule has 2 N–H and O–H groups in total. The molecule has 4 rings (SSSR count). The molecule has 0 saturated carbocycles. The van der Waals surface area contributed by atoms with Crippen molar-refractivity contribution >= 4 is 16.9 Å². The molecule has 0 radical (unpaired) electrons. The summed E-state index contributed by atoms with van der Waals surface area (Å²) in [7, 11) is 0. The third-order valence-electron chi connectivity index (χ3n) is 5.63. The van der Waals surface area contributed by atoms with Crippen LogP contribution in [0, 0.1) is 10.8 Å². The highest BCUT2D eigenvalue weighted by atomic mass is 16.3. The van der Waals surface area contributed by atoms with E-state index in [0.29, 0.717) is 0 Å². The fraction of sp³-hybridized carbons (Fsp3) is 0.478. The SMILES string of the molecule is CC(C)(C)Cc1c[nH]c2ncc(-c3cccc(N4CCC(C)(CO)C4)c3)nc12. The smallest absolute Gasteiger partial charge is 0.156 e. The molecule has 1 atom stereocenters. The van der Waals surface area contributed by atoms with E-state index in [2.05, 4.69) is 66.8 Å². The monoisotopic (exact) mass is 378 g/mol. The number of anilines is 1. The quantitative estimate of drug-likeness (QED) is 0.705. The van der Waals surface area contributed by atoms with Crippen molar-refractivity contribution in [3.63, 3.8) is 0 Å². The highest BCUT2D eigenvalue weighted by Crippen LogP contribution is 2.34. The highest BCUT2D eigenvalue weighted by Gasteiger charge is 2.33. The van der Waals surface area contributed by atoms with E-state index in [1.165, 1.54) is 11.3 Å². The summed E-state index contributed by atoms with van der Waals surface area (Å²) in [4.78, 5) is 15.2. The molecule has 1 aliphatic heterocycles. The van der Waals surface area contributed by atoms with Crippen molar-refractivity contribution in [2.24, 2.45) is 10.8 Å². The van der Waals surface area contributed by atoms with Gasteiger partial charge in [0.2, 0.25) is 0 Å². The first kappa shape index (κ1) is 18.9. The molecule has 28 heavy (non-hydrogen) atoms. The van der Waals surface area contributed by atoms with Gasteiger partial charge in [0.15, 0.2) is 5.65 Å². The fourth-order valence-corrected chi connectivity index (χ4v) is 4.02. The van der Waals surface area contributed by atoms with Gasteiger partial charge in [-0.3, -0.25) is 0 Å². The van der Waals surface area contributed by atoms with E-state index in [1.54, 1.807) is 0 Å². The van der Waals surface area contributed by atoms with Gasteiger partial charge in [0.1, 0.15) is 5.52 Å². The Hall–Kier alpha value is -2.40. The molecule has 1 saturated heterocycles. The summed E-state index contributed by atoms with van der Waals surface area (Å²) in [5.41, 5.74) is 6.36. The Morgan fingerprint density at radius 1 is 1.29 bits per heavy atom. The summed E-state index contributed by atoms with van der Waals surface area (Å²) in [6.07, 6.45) is 5.86. The lowest BCUT2D eigenvalue weighted by Gasteiger charge is -2.23. The molecule has 2 aromatic heterocycles. The van der Waals surface area contributed by atoms with Crippen LogP contribution in [-0.4, -0.2) is 39.8 Å². The van der Waals surface area contributed by atoms with Crippen molar-refractivity contribution in [1.82, 2.24) is 15.0 Å². The van der Waals surface area contributed by atoms with Crippen LogP contribution in [-0.2, 0) is 6.42 Å². The van der Waals surface area contributed by atoms with Crippen LogP contribution in [0.2, 0.25) is 0 Å². The molecule has 1 fully saturated rings. The minimum atomic E-state index is -0.0122. The first-order chi connectivity index (χ1) is 13.3. The molecular formula is C23H30N4O. The molecule has 1 unspecified atom stereocenters. The van der Waals surface area contributed by atoms with Gasteiger partial charge in [0, 0.05) is 36.0 Å². The molecule has 0 bridgehead atoms. The summed E-state index contributed by atoms with van der Waals surface area (Å²) in [5.74, 6) is 0. The molecule has 148 valence electrons. The van der Waals surface area contributed by atoms with E-state index < -0.39 is 0 Å². The van der Waals surface area contributed by atoms with Crippen LogP contribution in [0.25, 0.3) is 22.4 Å². The van der Waals surface area contributed by atoms with Crippen molar-refractivity contribution in [3.8, 4) is 11.3 Å². The molecule has 3 heterocycles. The average Bonchev–Trinajstić information content (AvgIpc) is 3.25. The Bertz CT molecular complexity index is 988. The van der Waals surface area contributed by atoms with Crippen molar-refractivity contribution in [2.75, 3.05) is 24.6 Å². The third kappa shape index (κ3) is 3.76. The average molecular weight is 379 g/mol. The molecule has 5 nitrogen and oxygen atoms in total. The largest absolute Gasteiger partial charge is 0.396 e. The van der Waals surface area contributed by atoms with Crippen LogP contribution in [0.1, 0.15) is 39.7 Å². The molecule has 1 aliphatic rings. The molecule has 0 amide bonds. The molecule has 0 aliphatic carbocycles. The Morgan fingerprint density at radius 3 is 2.82 bits per heavy atom. The molecule has 3 aromatic rings. The zero-order valence-corrected chi connectivity index (χ0v) is 17.3. The predicted octanol–water partition coefficient (Wildman–Crippen LogP) is 4.42. The number of nitrogens with one attached hydrogen (secondary N) is 1. The van der Waals surface area contributed by atoms with Gasteiger partial charge in [-0.15, -0.1) is 0 Å². The van der Waals surface area contributed by atoms with E-state index in [1.807, 2.05) is 12.4 Å². The van der Waals surface area contributed by atoms with Crippen LogP contribution in [0.5, 0.6) is 0 Å². The number of aromatic amines is 1. The maximum Gasteiger partial charge on any atom is 0.156 e. The Kier molecular flexibility index (Phi) is 4.66. The van der Waals surface area contributed by atoms with E-state index >= 15 is 0 Å². The van der Waals surface area contributed by atoms with Crippen molar-refractivity contribution < 1.29 is 5.11 Å². The van der Waals surface area contributed by atoms with Crippen LogP contribution < -0.4 is 4.90 Å². The van der Waals surface area contributed by atoms with E-state index in [4.69, 9.17) is 4.98 Å². The summed E-state index contributed by atoms with van der Waals surface area (Å²) < 4.78 is 0. The van der Waals surface area contributed by atoms with Gasteiger partial charge in [0.25, 0.3) is 0 Å². The van der Waals surface area contributed by atoms with Gasteiger partial charge in [-0.05, 0) is 36.0 Å². The number of aromatic nitrogens is 3. The van der Waals surface area contributed by atoms with Crippen molar-refractivity contribution in [1.29, 1.82) is 0 Å². The van der Waals surface area contributed by atoms with Gasteiger partial charge in [-0.25, -0.2) is 9.97 Å². The lowest BCUT2D eigenvalue weighted by atomic mass is 9.89. The zero-order valence-electron chi connectivity index (χ0n) is 17.3. The number of hydrogen-bond acceptors (Lipinski definition) is 4. The van der Waals surface area contributed by atoms with Gasteiger partial charge in [-0.2, -0.15) is 0 Å². The number of H-pyrrole nitrogens is 1. The maximum atomic E-state index is 9.66. The van der Waals surface area contributed by atoms with Gasteiger partial charge in [-0.1, -0.05) is 39.8 Å². The van der Waals surface area contributed by atoms with Crippen molar-refractivity contribution in [2.45, 2.75) is 40.5 Å². The number of hydrogen-bond donors (Lipinski definition) is 2. The minimum Gasteiger partial charge on any atom is -0.396 e. The van der Waals surface area contributed by atoms with E-state index in [9.17, 15) is 5.11 Å². The van der Waals surface area contributed by atoms with Crippen LogP contribution in [0.4, 0.5) is 5.69 Å². The fourth-order valence-electron chi connectivity index (χ4n) is 4.02. The number of nitrogens with zero attached hydrogens (tertiary/aromatic N) is 3. The number of aliphatic hydroxyl groups excluding tert-OH is 1. The summed E-state index contributed by atoms with van der Waals surface area (Å²) in [5, 5.41) is 9.66. The molecule has 0 spiro atoms. The standard InChI is InChI=1S/C23H30N4O/c1-22(2,3)11-17-12-24-21-20(17)26-19(13-25-21)16-6-5-7-18(10-16)27-9-8-23(4,14-27)15-28/h5-7,10,12-13,28H,8-9,11,14-15H2,1-4H3,(H,24,25). The number of benzene rings is 1. The number of fused-ring (bicyclic) bond motifs is 1. The number of rotatable bonds is 4. The minimum absolute atomic E-state index is 0.0122. The van der Waals surface area contributed by atoms with E-state index in [-0.39, 0.29) is 17.4 Å².